The first-order valence-electron chi connectivity index (χ1n) is 12.1. The van der Waals surface area contributed by atoms with Gasteiger partial charge in [-0.1, -0.05) is 25.1 Å². The lowest BCUT2D eigenvalue weighted by Crippen LogP contribution is -2.39. The maximum Gasteiger partial charge on any atom is 0.244 e. The molecule has 0 atom stereocenters. The van der Waals surface area contributed by atoms with Crippen molar-refractivity contribution in [3.63, 3.8) is 0 Å². The fourth-order valence-electron chi connectivity index (χ4n) is 5.31. The number of pyridine rings is 1. The predicted octanol–water partition coefficient (Wildman–Crippen LogP) is 4.97. The molecule has 3 aromatic heterocycles. The van der Waals surface area contributed by atoms with Gasteiger partial charge in [-0.3, -0.25) is 9.78 Å². The zero-order valence-corrected chi connectivity index (χ0v) is 20.4. The summed E-state index contributed by atoms with van der Waals surface area (Å²) in [4.78, 5) is 22.8. The topological polar surface area (TPSA) is 79.7 Å². The highest BCUT2D eigenvalue weighted by molar-refractivity contribution is 5.92. The van der Waals surface area contributed by atoms with E-state index >= 15 is 0 Å². The minimum atomic E-state index is 0.111. The van der Waals surface area contributed by atoms with E-state index < -0.39 is 0 Å². The van der Waals surface area contributed by atoms with Crippen molar-refractivity contribution in [3.05, 3.63) is 65.2 Å². The largest absolute Gasteiger partial charge is 0.354 e. The fraction of sp³-hybridized carbons (Fsp3) is 0.407. The molecule has 5 rings (SSSR count). The summed E-state index contributed by atoms with van der Waals surface area (Å²) in [5.41, 5.74) is 8.38. The van der Waals surface area contributed by atoms with E-state index in [4.69, 9.17) is 0 Å². The summed E-state index contributed by atoms with van der Waals surface area (Å²) in [6.07, 6.45) is 5.29. The highest BCUT2D eigenvalue weighted by atomic mass is 16.2. The quantitative estimate of drug-likeness (QED) is 0.460. The van der Waals surface area contributed by atoms with Crippen molar-refractivity contribution >= 4 is 16.8 Å². The second-order valence-electron chi connectivity index (χ2n) is 9.77. The van der Waals surface area contributed by atoms with E-state index in [1.165, 1.54) is 33.3 Å². The van der Waals surface area contributed by atoms with Crippen molar-refractivity contribution in [3.8, 4) is 11.3 Å². The average molecular weight is 457 g/mol. The third-order valence-electron chi connectivity index (χ3n) is 6.90. The van der Waals surface area contributed by atoms with E-state index in [0.717, 1.165) is 37.3 Å². The number of hydrogen-bond acceptors (Lipinski definition) is 4. The Balaban J connectivity index is 1.39. The molecule has 1 aliphatic heterocycles. The molecule has 1 saturated heterocycles. The number of likely N-dealkylation sites (tertiary alicyclic amines) is 1. The van der Waals surface area contributed by atoms with Crippen LogP contribution in [0.15, 0.2) is 42.7 Å². The van der Waals surface area contributed by atoms with E-state index in [-0.39, 0.29) is 12.5 Å². The van der Waals surface area contributed by atoms with Crippen LogP contribution in [-0.2, 0) is 11.3 Å². The Hall–Kier alpha value is -3.48. The van der Waals surface area contributed by atoms with Gasteiger partial charge < -0.3 is 9.88 Å². The van der Waals surface area contributed by atoms with Gasteiger partial charge in [0, 0.05) is 47.1 Å². The Morgan fingerprint density at radius 2 is 1.85 bits per heavy atom. The molecular weight excluding hydrogens is 424 g/mol. The van der Waals surface area contributed by atoms with Crippen LogP contribution in [-0.4, -0.2) is 48.9 Å². The number of carbonyl (C=O) groups is 1. The van der Waals surface area contributed by atoms with Gasteiger partial charge in [0.05, 0.1) is 11.9 Å². The minimum Gasteiger partial charge on any atom is -0.354 e. The van der Waals surface area contributed by atoms with E-state index in [1.807, 2.05) is 4.90 Å². The Bertz CT molecular complexity index is 1290. The number of aromatic amines is 1. The van der Waals surface area contributed by atoms with Gasteiger partial charge in [-0.25, -0.2) is 4.68 Å². The van der Waals surface area contributed by atoms with E-state index in [0.29, 0.717) is 11.8 Å². The molecule has 1 aliphatic rings. The number of aromatic nitrogens is 5. The smallest absolute Gasteiger partial charge is 0.244 e. The van der Waals surface area contributed by atoms with Crippen LogP contribution in [0.3, 0.4) is 0 Å². The number of nitrogens with zero attached hydrogens (tertiary/aromatic N) is 5. The Labute approximate surface area is 200 Å². The number of fused-ring (bicyclic) bond motifs is 1. The van der Waals surface area contributed by atoms with Gasteiger partial charge >= 0.3 is 0 Å². The second kappa shape index (κ2) is 9.05. The van der Waals surface area contributed by atoms with Gasteiger partial charge in [0.15, 0.2) is 0 Å². The standard InChI is InChI=1S/C27H32N6O/c1-17(2)26-23-15-21(5-6-24(23)30-27(26)22-13-18(3)29-19(4)14-22)20-7-10-32(11-8-20)25(34)16-33-12-9-28-31-33/h5-6,9,12-15,17,20,30H,7-8,10-11,16H2,1-4H3. The Morgan fingerprint density at radius 3 is 2.50 bits per heavy atom. The molecule has 0 unspecified atom stereocenters. The molecular formula is C27H32N6O. The van der Waals surface area contributed by atoms with Gasteiger partial charge in [-0.05, 0) is 73.9 Å². The first kappa shape index (κ1) is 22.3. The van der Waals surface area contributed by atoms with Crippen molar-refractivity contribution in [1.29, 1.82) is 0 Å². The van der Waals surface area contributed by atoms with Gasteiger partial charge in [0.1, 0.15) is 6.54 Å². The minimum absolute atomic E-state index is 0.111. The zero-order valence-electron chi connectivity index (χ0n) is 20.4. The van der Waals surface area contributed by atoms with Crippen molar-refractivity contribution < 1.29 is 4.79 Å². The number of H-pyrrole nitrogens is 1. The van der Waals surface area contributed by atoms with Crippen LogP contribution in [0.1, 0.15) is 61.0 Å². The average Bonchev–Trinajstić information content (AvgIpc) is 3.45. The summed E-state index contributed by atoms with van der Waals surface area (Å²) in [6, 6.07) is 11.2. The van der Waals surface area contributed by atoms with Crippen LogP contribution in [0.2, 0.25) is 0 Å². The molecule has 0 spiro atoms. The molecule has 0 bridgehead atoms. The Morgan fingerprint density at radius 1 is 1.12 bits per heavy atom. The van der Waals surface area contributed by atoms with Crippen LogP contribution >= 0.6 is 0 Å². The first-order valence-corrected chi connectivity index (χ1v) is 12.1. The van der Waals surface area contributed by atoms with Gasteiger partial charge in [0.2, 0.25) is 5.91 Å². The van der Waals surface area contributed by atoms with E-state index in [2.05, 4.69) is 78.3 Å². The third-order valence-corrected chi connectivity index (χ3v) is 6.90. The molecule has 0 radical (unpaired) electrons. The number of carbonyl (C=O) groups excluding carboxylic acids is 1. The van der Waals surface area contributed by atoms with Crippen LogP contribution in [0.5, 0.6) is 0 Å². The highest BCUT2D eigenvalue weighted by Gasteiger charge is 2.25. The molecule has 4 aromatic rings. The van der Waals surface area contributed by atoms with Gasteiger partial charge in [0.25, 0.3) is 0 Å². The molecule has 7 heteroatoms. The zero-order chi connectivity index (χ0) is 23.8. The van der Waals surface area contributed by atoms with Crippen molar-refractivity contribution in [2.45, 2.75) is 58.9 Å². The molecule has 4 heterocycles. The van der Waals surface area contributed by atoms with Crippen LogP contribution in [0.4, 0.5) is 0 Å². The summed E-state index contributed by atoms with van der Waals surface area (Å²) >= 11 is 0. The number of amides is 1. The number of nitrogens with one attached hydrogen (secondary N) is 1. The summed E-state index contributed by atoms with van der Waals surface area (Å²) < 4.78 is 1.59. The molecule has 1 fully saturated rings. The van der Waals surface area contributed by atoms with Crippen LogP contribution in [0, 0.1) is 13.8 Å². The molecule has 7 nitrogen and oxygen atoms in total. The highest BCUT2D eigenvalue weighted by Crippen LogP contribution is 2.38. The summed E-state index contributed by atoms with van der Waals surface area (Å²) in [6.45, 7) is 10.4. The van der Waals surface area contributed by atoms with E-state index in [1.54, 1.807) is 17.1 Å². The van der Waals surface area contributed by atoms with Gasteiger partial charge in [-0.2, -0.15) is 0 Å². The van der Waals surface area contributed by atoms with E-state index in [9.17, 15) is 4.79 Å². The molecule has 0 saturated carbocycles. The maximum absolute atomic E-state index is 12.6. The molecule has 1 aromatic carbocycles. The molecule has 1 amide bonds. The fourth-order valence-corrected chi connectivity index (χ4v) is 5.31. The summed E-state index contributed by atoms with van der Waals surface area (Å²) in [7, 11) is 0. The summed E-state index contributed by atoms with van der Waals surface area (Å²) in [5, 5.41) is 9.00. The van der Waals surface area contributed by atoms with Crippen molar-refractivity contribution in [2.24, 2.45) is 0 Å². The number of rotatable bonds is 5. The predicted molar refractivity (Wildman–Crippen MR) is 134 cm³/mol. The number of hydrogen-bond donors (Lipinski definition) is 1. The first-order chi connectivity index (χ1) is 16.4. The van der Waals surface area contributed by atoms with Gasteiger partial charge in [-0.15, -0.1) is 5.10 Å². The normalized spacial score (nSPS) is 14.9. The monoisotopic (exact) mass is 456 g/mol. The molecule has 0 aliphatic carbocycles. The van der Waals surface area contributed by atoms with Crippen LogP contribution < -0.4 is 0 Å². The lowest BCUT2D eigenvalue weighted by Gasteiger charge is -2.32. The SMILES string of the molecule is Cc1cc(-c2[nH]c3ccc(C4CCN(C(=O)Cn5ccnn5)CC4)cc3c2C(C)C)cc(C)n1. The third kappa shape index (κ3) is 4.34. The second-order valence-corrected chi connectivity index (χ2v) is 9.77. The lowest BCUT2D eigenvalue weighted by molar-refractivity contribution is -0.133. The van der Waals surface area contributed by atoms with Crippen molar-refractivity contribution in [1.82, 2.24) is 29.9 Å². The molecule has 34 heavy (non-hydrogen) atoms. The number of piperidine rings is 1. The Kier molecular flexibility index (Phi) is 5.94. The number of benzene rings is 1. The summed E-state index contributed by atoms with van der Waals surface area (Å²) in [5.74, 6) is 0.965. The lowest BCUT2D eigenvalue weighted by atomic mass is 9.87. The van der Waals surface area contributed by atoms with Crippen molar-refractivity contribution in [2.75, 3.05) is 13.1 Å². The van der Waals surface area contributed by atoms with Crippen LogP contribution in [0.25, 0.3) is 22.2 Å². The maximum atomic E-state index is 12.6. The molecule has 176 valence electrons. The molecule has 1 N–H and O–H groups in total. The number of aryl methyl sites for hydroxylation is 2.